The van der Waals surface area contributed by atoms with Gasteiger partial charge in [0.05, 0.1) is 16.3 Å². The summed E-state index contributed by atoms with van der Waals surface area (Å²) in [6.45, 7) is 0. The van der Waals surface area contributed by atoms with Gasteiger partial charge in [-0.15, -0.1) is 0 Å². The summed E-state index contributed by atoms with van der Waals surface area (Å²) in [5.74, 6) is -3.55. The normalized spacial score (nSPS) is 10.4. The SMILES string of the molecule is Nc1cc(F)cc(F)c1NC(=O)c1cccc(F)c1Cl. The molecule has 0 aliphatic carbocycles. The zero-order valence-electron chi connectivity index (χ0n) is 9.88. The Labute approximate surface area is 117 Å². The van der Waals surface area contributed by atoms with E-state index >= 15 is 0 Å². The lowest BCUT2D eigenvalue weighted by Crippen LogP contribution is -2.15. The number of nitrogen functional groups attached to an aromatic ring is 1. The Kier molecular flexibility index (Phi) is 3.85. The molecule has 20 heavy (non-hydrogen) atoms. The molecule has 104 valence electrons. The van der Waals surface area contributed by atoms with E-state index in [2.05, 4.69) is 5.32 Å². The molecule has 0 heterocycles. The second-order valence-electron chi connectivity index (χ2n) is 3.91. The Morgan fingerprint density at radius 3 is 2.50 bits per heavy atom. The van der Waals surface area contributed by atoms with E-state index < -0.39 is 34.1 Å². The van der Waals surface area contributed by atoms with E-state index in [1.807, 2.05) is 0 Å². The highest BCUT2D eigenvalue weighted by Crippen LogP contribution is 2.26. The van der Waals surface area contributed by atoms with Crippen molar-refractivity contribution in [2.75, 3.05) is 11.1 Å². The monoisotopic (exact) mass is 300 g/mol. The highest BCUT2D eigenvalue weighted by atomic mass is 35.5. The lowest BCUT2D eigenvalue weighted by atomic mass is 10.2. The van der Waals surface area contributed by atoms with Crippen molar-refractivity contribution in [3.05, 3.63) is 58.4 Å². The summed E-state index contributed by atoms with van der Waals surface area (Å²) < 4.78 is 39.6. The Hall–Kier alpha value is -2.21. The molecule has 0 spiro atoms. The number of halogens is 4. The van der Waals surface area contributed by atoms with Gasteiger partial charge < -0.3 is 11.1 Å². The molecule has 2 rings (SSSR count). The fraction of sp³-hybridized carbons (Fsp3) is 0. The molecule has 1 amide bonds. The average Bonchev–Trinajstić information content (AvgIpc) is 2.36. The fourth-order valence-corrected chi connectivity index (χ4v) is 1.80. The number of anilines is 2. The number of nitrogens with one attached hydrogen (secondary N) is 1. The molecule has 0 saturated heterocycles. The summed E-state index contributed by atoms with van der Waals surface area (Å²) >= 11 is 5.64. The van der Waals surface area contributed by atoms with Crippen molar-refractivity contribution in [2.45, 2.75) is 0 Å². The zero-order chi connectivity index (χ0) is 14.9. The molecule has 0 fully saturated rings. The lowest BCUT2D eigenvalue weighted by Gasteiger charge is -2.10. The summed E-state index contributed by atoms with van der Waals surface area (Å²) in [6, 6.07) is 5.04. The van der Waals surface area contributed by atoms with Crippen LogP contribution in [-0.2, 0) is 0 Å². The van der Waals surface area contributed by atoms with Crippen LogP contribution in [0.25, 0.3) is 0 Å². The third-order valence-electron chi connectivity index (χ3n) is 2.52. The van der Waals surface area contributed by atoms with Gasteiger partial charge in [-0.3, -0.25) is 4.79 Å². The van der Waals surface area contributed by atoms with E-state index in [0.29, 0.717) is 6.07 Å². The Morgan fingerprint density at radius 2 is 1.85 bits per heavy atom. The highest BCUT2D eigenvalue weighted by Gasteiger charge is 2.17. The summed E-state index contributed by atoms with van der Waals surface area (Å²) in [4.78, 5) is 11.9. The number of amides is 1. The molecule has 3 nitrogen and oxygen atoms in total. The van der Waals surface area contributed by atoms with Gasteiger partial charge in [0.15, 0.2) is 5.82 Å². The van der Waals surface area contributed by atoms with Crippen molar-refractivity contribution in [2.24, 2.45) is 0 Å². The van der Waals surface area contributed by atoms with Crippen LogP contribution in [0.1, 0.15) is 10.4 Å². The van der Waals surface area contributed by atoms with Gasteiger partial charge in [0.2, 0.25) is 0 Å². The van der Waals surface area contributed by atoms with Crippen molar-refractivity contribution in [3.8, 4) is 0 Å². The van der Waals surface area contributed by atoms with Gasteiger partial charge in [0.1, 0.15) is 17.3 Å². The number of hydrogen-bond acceptors (Lipinski definition) is 2. The first kappa shape index (κ1) is 14.2. The van der Waals surface area contributed by atoms with Crippen LogP contribution in [-0.4, -0.2) is 5.91 Å². The van der Waals surface area contributed by atoms with Gasteiger partial charge >= 0.3 is 0 Å². The molecule has 0 aliphatic heterocycles. The van der Waals surface area contributed by atoms with Crippen LogP contribution >= 0.6 is 11.6 Å². The quantitative estimate of drug-likeness (QED) is 0.833. The van der Waals surface area contributed by atoms with E-state index in [9.17, 15) is 18.0 Å². The maximum absolute atomic E-state index is 13.5. The van der Waals surface area contributed by atoms with Gasteiger partial charge in [-0.1, -0.05) is 17.7 Å². The maximum atomic E-state index is 13.5. The molecular weight excluding hydrogens is 293 g/mol. The van der Waals surface area contributed by atoms with Crippen LogP contribution < -0.4 is 11.1 Å². The second-order valence-corrected chi connectivity index (χ2v) is 4.29. The topological polar surface area (TPSA) is 55.1 Å². The molecule has 2 aromatic rings. The zero-order valence-corrected chi connectivity index (χ0v) is 10.6. The third-order valence-corrected chi connectivity index (χ3v) is 2.90. The summed E-state index contributed by atoms with van der Waals surface area (Å²) in [5.41, 5.74) is 4.55. The predicted molar refractivity (Wildman–Crippen MR) is 70.1 cm³/mol. The van der Waals surface area contributed by atoms with Gasteiger partial charge in [0.25, 0.3) is 5.91 Å². The van der Waals surface area contributed by atoms with Crippen LogP contribution in [0.5, 0.6) is 0 Å². The molecule has 0 saturated carbocycles. The Bertz CT molecular complexity index is 668. The minimum absolute atomic E-state index is 0.185. The van der Waals surface area contributed by atoms with E-state index in [4.69, 9.17) is 17.3 Å². The van der Waals surface area contributed by atoms with Crippen molar-refractivity contribution in [1.29, 1.82) is 0 Å². The van der Waals surface area contributed by atoms with E-state index in [0.717, 1.165) is 12.1 Å². The molecule has 0 aliphatic rings. The van der Waals surface area contributed by atoms with Crippen LogP contribution in [0.15, 0.2) is 30.3 Å². The molecule has 0 aromatic heterocycles. The first-order valence-electron chi connectivity index (χ1n) is 5.40. The lowest BCUT2D eigenvalue weighted by molar-refractivity contribution is 0.102. The maximum Gasteiger partial charge on any atom is 0.257 e. The molecule has 0 atom stereocenters. The number of benzene rings is 2. The molecule has 0 unspecified atom stereocenters. The smallest absolute Gasteiger partial charge is 0.257 e. The van der Waals surface area contributed by atoms with Crippen LogP contribution in [0, 0.1) is 17.5 Å². The fourth-order valence-electron chi connectivity index (χ4n) is 1.59. The van der Waals surface area contributed by atoms with E-state index in [1.165, 1.54) is 12.1 Å². The minimum atomic E-state index is -1.04. The number of nitrogens with two attached hydrogens (primary N) is 1. The number of carbonyl (C=O) groups excluding carboxylic acids is 1. The van der Waals surface area contributed by atoms with Crippen molar-refractivity contribution < 1.29 is 18.0 Å². The molecule has 0 bridgehead atoms. The highest BCUT2D eigenvalue weighted by molar-refractivity contribution is 6.34. The van der Waals surface area contributed by atoms with Gasteiger partial charge in [-0.2, -0.15) is 0 Å². The molecule has 7 heteroatoms. The standard InChI is InChI=1S/C13H8ClF3N2O/c14-11-7(2-1-3-8(11)16)13(20)19-12-9(17)4-6(15)5-10(12)18/h1-5H,18H2,(H,19,20). The molecule has 0 radical (unpaired) electrons. The van der Waals surface area contributed by atoms with Gasteiger partial charge in [0, 0.05) is 6.07 Å². The van der Waals surface area contributed by atoms with Crippen molar-refractivity contribution in [1.82, 2.24) is 0 Å². The number of hydrogen-bond donors (Lipinski definition) is 2. The predicted octanol–water partition coefficient (Wildman–Crippen LogP) is 3.59. The van der Waals surface area contributed by atoms with E-state index in [-0.39, 0.29) is 11.3 Å². The van der Waals surface area contributed by atoms with Crippen molar-refractivity contribution >= 4 is 28.9 Å². The average molecular weight is 301 g/mol. The van der Waals surface area contributed by atoms with E-state index in [1.54, 1.807) is 0 Å². The summed E-state index contributed by atoms with van der Waals surface area (Å²) in [5, 5.41) is 1.74. The Balaban J connectivity index is 2.36. The molecular formula is C13H8ClF3N2O. The van der Waals surface area contributed by atoms with Crippen LogP contribution in [0.3, 0.4) is 0 Å². The molecule has 3 N–H and O–H groups in total. The van der Waals surface area contributed by atoms with Crippen LogP contribution in [0.2, 0.25) is 5.02 Å². The summed E-state index contributed by atoms with van der Waals surface area (Å²) in [6.07, 6.45) is 0. The third kappa shape index (κ3) is 2.70. The van der Waals surface area contributed by atoms with Gasteiger partial charge in [-0.05, 0) is 18.2 Å². The second kappa shape index (κ2) is 5.42. The first-order chi connectivity index (χ1) is 9.40. The molecule has 2 aromatic carbocycles. The number of carbonyl (C=O) groups is 1. The largest absolute Gasteiger partial charge is 0.397 e. The van der Waals surface area contributed by atoms with Crippen molar-refractivity contribution in [3.63, 3.8) is 0 Å². The Morgan fingerprint density at radius 1 is 1.15 bits per heavy atom. The van der Waals surface area contributed by atoms with Crippen LogP contribution in [0.4, 0.5) is 24.5 Å². The summed E-state index contributed by atoms with van der Waals surface area (Å²) in [7, 11) is 0. The minimum Gasteiger partial charge on any atom is -0.397 e. The number of rotatable bonds is 2. The first-order valence-corrected chi connectivity index (χ1v) is 5.78. The van der Waals surface area contributed by atoms with Gasteiger partial charge in [-0.25, -0.2) is 13.2 Å².